The molecule has 1 aromatic carbocycles. The molecule has 0 aliphatic heterocycles. The molecule has 3 N–H and O–H groups in total. The van der Waals surface area contributed by atoms with Gasteiger partial charge in [0.2, 0.25) is 0 Å². The average Bonchev–Trinajstić information content (AvgIpc) is 2.31. The lowest BCUT2D eigenvalue weighted by atomic mass is 10.1. The van der Waals surface area contributed by atoms with Gasteiger partial charge in [-0.3, -0.25) is 4.79 Å². The standard InChI is InChI=1S/C13H20N2O2/c1-9-4-5-11(8-12(9)16)13(17)15(3)10(2)6-7-14/h4-5,8,10,16H,6-7,14H2,1-3H3. The zero-order valence-electron chi connectivity index (χ0n) is 10.6. The molecule has 1 rings (SSSR count). The molecule has 1 unspecified atom stereocenters. The zero-order valence-corrected chi connectivity index (χ0v) is 10.6. The fraction of sp³-hybridized carbons (Fsp3) is 0.462. The summed E-state index contributed by atoms with van der Waals surface area (Å²) in [6.07, 6.45) is 0.764. The Hall–Kier alpha value is -1.55. The van der Waals surface area contributed by atoms with Crippen molar-refractivity contribution in [3.8, 4) is 5.75 Å². The molecule has 1 aromatic rings. The summed E-state index contributed by atoms with van der Waals surface area (Å²) in [4.78, 5) is 13.7. The van der Waals surface area contributed by atoms with E-state index in [2.05, 4.69) is 0 Å². The third-order valence-electron chi connectivity index (χ3n) is 3.02. The average molecular weight is 236 g/mol. The minimum Gasteiger partial charge on any atom is -0.508 e. The molecule has 1 atom stereocenters. The van der Waals surface area contributed by atoms with Gasteiger partial charge < -0.3 is 15.7 Å². The fourth-order valence-corrected chi connectivity index (χ4v) is 1.58. The maximum absolute atomic E-state index is 12.1. The lowest BCUT2D eigenvalue weighted by molar-refractivity contribution is 0.0738. The summed E-state index contributed by atoms with van der Waals surface area (Å²) < 4.78 is 0. The van der Waals surface area contributed by atoms with E-state index in [-0.39, 0.29) is 17.7 Å². The first-order chi connectivity index (χ1) is 7.97. The van der Waals surface area contributed by atoms with Gasteiger partial charge in [0.1, 0.15) is 5.75 Å². The molecule has 0 saturated carbocycles. The smallest absolute Gasteiger partial charge is 0.253 e. The summed E-state index contributed by atoms with van der Waals surface area (Å²) in [5.41, 5.74) is 6.73. The Bertz CT molecular complexity index is 404. The molecular weight excluding hydrogens is 216 g/mol. The van der Waals surface area contributed by atoms with Gasteiger partial charge in [0.25, 0.3) is 5.91 Å². The highest BCUT2D eigenvalue weighted by Crippen LogP contribution is 2.19. The van der Waals surface area contributed by atoms with E-state index in [1.54, 1.807) is 31.0 Å². The summed E-state index contributed by atoms with van der Waals surface area (Å²) >= 11 is 0. The van der Waals surface area contributed by atoms with Gasteiger partial charge in [0, 0.05) is 18.7 Å². The number of carbonyl (C=O) groups is 1. The van der Waals surface area contributed by atoms with Crippen molar-refractivity contribution < 1.29 is 9.90 Å². The molecule has 1 amide bonds. The molecule has 0 bridgehead atoms. The third kappa shape index (κ3) is 3.20. The zero-order chi connectivity index (χ0) is 13.0. The summed E-state index contributed by atoms with van der Waals surface area (Å²) in [7, 11) is 1.75. The molecule has 4 heteroatoms. The van der Waals surface area contributed by atoms with Crippen LogP contribution >= 0.6 is 0 Å². The van der Waals surface area contributed by atoms with Crippen molar-refractivity contribution in [1.29, 1.82) is 0 Å². The van der Waals surface area contributed by atoms with Gasteiger partial charge in [-0.25, -0.2) is 0 Å². The number of phenols is 1. The molecule has 0 spiro atoms. The first kappa shape index (κ1) is 13.5. The van der Waals surface area contributed by atoms with Crippen LogP contribution in [0.15, 0.2) is 18.2 Å². The van der Waals surface area contributed by atoms with E-state index in [1.165, 1.54) is 6.07 Å². The molecular formula is C13H20N2O2. The van der Waals surface area contributed by atoms with Crippen molar-refractivity contribution >= 4 is 5.91 Å². The van der Waals surface area contributed by atoms with E-state index in [9.17, 15) is 9.90 Å². The van der Waals surface area contributed by atoms with Crippen LogP contribution in [0.5, 0.6) is 5.75 Å². The lowest BCUT2D eigenvalue weighted by Crippen LogP contribution is -2.36. The summed E-state index contributed by atoms with van der Waals surface area (Å²) in [6.45, 7) is 4.31. The maximum Gasteiger partial charge on any atom is 0.253 e. The largest absolute Gasteiger partial charge is 0.508 e. The monoisotopic (exact) mass is 236 g/mol. The second-order valence-corrected chi connectivity index (χ2v) is 4.34. The highest BCUT2D eigenvalue weighted by molar-refractivity contribution is 5.94. The second-order valence-electron chi connectivity index (χ2n) is 4.34. The number of benzene rings is 1. The molecule has 0 aromatic heterocycles. The molecule has 94 valence electrons. The molecule has 17 heavy (non-hydrogen) atoms. The van der Waals surface area contributed by atoms with E-state index in [1.807, 2.05) is 6.92 Å². The van der Waals surface area contributed by atoms with Gasteiger partial charge in [0.05, 0.1) is 0 Å². The van der Waals surface area contributed by atoms with Crippen LogP contribution in [0.2, 0.25) is 0 Å². The van der Waals surface area contributed by atoms with Crippen LogP contribution in [0, 0.1) is 6.92 Å². The Balaban J connectivity index is 2.85. The van der Waals surface area contributed by atoms with Crippen LogP contribution in [0.3, 0.4) is 0 Å². The quantitative estimate of drug-likeness (QED) is 0.832. The molecule has 0 radical (unpaired) electrons. The van der Waals surface area contributed by atoms with E-state index in [0.29, 0.717) is 12.1 Å². The van der Waals surface area contributed by atoms with E-state index in [0.717, 1.165) is 12.0 Å². The number of phenolic OH excluding ortho intramolecular Hbond substituents is 1. The van der Waals surface area contributed by atoms with Crippen LogP contribution in [-0.2, 0) is 0 Å². The van der Waals surface area contributed by atoms with Crippen molar-refractivity contribution in [2.45, 2.75) is 26.3 Å². The second kappa shape index (κ2) is 5.68. The van der Waals surface area contributed by atoms with Gasteiger partial charge in [0.15, 0.2) is 0 Å². The SMILES string of the molecule is Cc1ccc(C(=O)N(C)C(C)CCN)cc1O. The normalized spacial score (nSPS) is 12.2. The van der Waals surface area contributed by atoms with Gasteiger partial charge in [-0.1, -0.05) is 6.07 Å². The Morgan fingerprint density at radius 3 is 2.71 bits per heavy atom. The highest BCUT2D eigenvalue weighted by atomic mass is 16.3. The van der Waals surface area contributed by atoms with E-state index < -0.39 is 0 Å². The minimum atomic E-state index is -0.0961. The Morgan fingerprint density at radius 2 is 2.18 bits per heavy atom. The van der Waals surface area contributed by atoms with Gasteiger partial charge in [-0.05, 0) is 44.5 Å². The van der Waals surface area contributed by atoms with Crippen molar-refractivity contribution in [1.82, 2.24) is 4.90 Å². The van der Waals surface area contributed by atoms with Crippen LogP contribution in [0.4, 0.5) is 0 Å². The number of aryl methyl sites for hydroxylation is 1. The summed E-state index contributed by atoms with van der Waals surface area (Å²) in [6, 6.07) is 5.06. The molecule has 0 aliphatic rings. The Labute approximate surface area is 102 Å². The first-order valence-electron chi connectivity index (χ1n) is 5.74. The Kier molecular flexibility index (Phi) is 4.52. The van der Waals surface area contributed by atoms with Gasteiger partial charge in [-0.15, -0.1) is 0 Å². The van der Waals surface area contributed by atoms with E-state index >= 15 is 0 Å². The minimum absolute atomic E-state index is 0.0935. The summed E-state index contributed by atoms with van der Waals surface area (Å²) in [5, 5.41) is 9.58. The van der Waals surface area contributed by atoms with Crippen LogP contribution < -0.4 is 5.73 Å². The van der Waals surface area contributed by atoms with Crippen molar-refractivity contribution in [3.63, 3.8) is 0 Å². The van der Waals surface area contributed by atoms with Crippen LogP contribution in [0.25, 0.3) is 0 Å². The lowest BCUT2D eigenvalue weighted by Gasteiger charge is -2.24. The fourth-order valence-electron chi connectivity index (χ4n) is 1.58. The molecule has 4 nitrogen and oxygen atoms in total. The topological polar surface area (TPSA) is 66.6 Å². The number of rotatable bonds is 4. The number of carbonyl (C=O) groups excluding carboxylic acids is 1. The number of nitrogens with zero attached hydrogens (tertiary/aromatic N) is 1. The van der Waals surface area contributed by atoms with Gasteiger partial charge in [-0.2, -0.15) is 0 Å². The van der Waals surface area contributed by atoms with Crippen LogP contribution in [-0.4, -0.2) is 35.5 Å². The molecule has 0 heterocycles. The van der Waals surface area contributed by atoms with Crippen LogP contribution in [0.1, 0.15) is 29.3 Å². The first-order valence-corrected chi connectivity index (χ1v) is 5.74. The number of hydrogen-bond donors (Lipinski definition) is 2. The van der Waals surface area contributed by atoms with Crippen molar-refractivity contribution in [3.05, 3.63) is 29.3 Å². The number of amides is 1. The summed E-state index contributed by atoms with van der Waals surface area (Å²) in [5.74, 6) is 0.0528. The molecule has 0 fully saturated rings. The number of hydrogen-bond acceptors (Lipinski definition) is 3. The number of nitrogens with two attached hydrogens (primary N) is 1. The highest BCUT2D eigenvalue weighted by Gasteiger charge is 2.17. The van der Waals surface area contributed by atoms with Crippen molar-refractivity contribution in [2.24, 2.45) is 5.73 Å². The van der Waals surface area contributed by atoms with E-state index in [4.69, 9.17) is 5.73 Å². The van der Waals surface area contributed by atoms with Gasteiger partial charge >= 0.3 is 0 Å². The molecule has 0 aliphatic carbocycles. The molecule has 0 saturated heterocycles. The Morgan fingerprint density at radius 1 is 1.53 bits per heavy atom. The van der Waals surface area contributed by atoms with Crippen molar-refractivity contribution in [2.75, 3.05) is 13.6 Å². The predicted octanol–water partition coefficient (Wildman–Crippen LogP) is 1.51. The maximum atomic E-state index is 12.1. The number of aromatic hydroxyl groups is 1. The third-order valence-corrected chi connectivity index (χ3v) is 3.02. The predicted molar refractivity (Wildman–Crippen MR) is 68.1 cm³/mol.